The minimum atomic E-state index is -0.386. The second kappa shape index (κ2) is 6.44. The van der Waals surface area contributed by atoms with Crippen LogP contribution in [0.3, 0.4) is 0 Å². The number of piperidine rings is 1. The minimum absolute atomic E-state index is 0.0790. The third-order valence-corrected chi connectivity index (χ3v) is 5.18. The van der Waals surface area contributed by atoms with Crippen LogP contribution in [0.5, 0.6) is 0 Å². The molecule has 6 heteroatoms. The van der Waals surface area contributed by atoms with Gasteiger partial charge in [-0.25, -0.2) is 0 Å². The van der Waals surface area contributed by atoms with Crippen LogP contribution in [0.15, 0.2) is 41.0 Å². The van der Waals surface area contributed by atoms with Crippen molar-refractivity contribution in [3.63, 3.8) is 0 Å². The van der Waals surface area contributed by atoms with Crippen molar-refractivity contribution < 1.29 is 18.8 Å². The van der Waals surface area contributed by atoms with Crippen molar-refractivity contribution in [3.8, 4) is 0 Å². The van der Waals surface area contributed by atoms with E-state index >= 15 is 0 Å². The standard InChI is InChI=1S/C20H20N2O4/c1-13-5-2-3-9-21(13)18(23)14-7-8-16-17(11-14)20(25)22(19(16)24)12-15-6-4-10-26-15/h4,6-8,10-11,13H,2-3,5,9,12H2,1H3/t13-/m0/s1. The maximum absolute atomic E-state index is 12.8. The quantitative estimate of drug-likeness (QED) is 0.796. The fraction of sp³-hybridized carbons (Fsp3) is 0.350. The first kappa shape index (κ1) is 16.6. The largest absolute Gasteiger partial charge is 0.467 e. The number of rotatable bonds is 3. The number of carbonyl (C=O) groups excluding carboxylic acids is 3. The Morgan fingerprint density at radius 1 is 1.15 bits per heavy atom. The Kier molecular flexibility index (Phi) is 4.11. The third kappa shape index (κ3) is 2.71. The van der Waals surface area contributed by atoms with Gasteiger partial charge in [-0.05, 0) is 56.5 Å². The maximum Gasteiger partial charge on any atom is 0.261 e. The molecule has 0 saturated carbocycles. The molecule has 1 fully saturated rings. The van der Waals surface area contributed by atoms with Gasteiger partial charge in [-0.2, -0.15) is 0 Å². The van der Waals surface area contributed by atoms with E-state index in [0.29, 0.717) is 16.9 Å². The molecule has 0 N–H and O–H groups in total. The van der Waals surface area contributed by atoms with Gasteiger partial charge in [0.25, 0.3) is 17.7 Å². The van der Waals surface area contributed by atoms with Crippen LogP contribution in [0, 0.1) is 0 Å². The van der Waals surface area contributed by atoms with E-state index in [2.05, 4.69) is 0 Å². The lowest BCUT2D eigenvalue weighted by Crippen LogP contribution is -2.42. The van der Waals surface area contributed by atoms with Gasteiger partial charge in [-0.1, -0.05) is 0 Å². The van der Waals surface area contributed by atoms with Crippen LogP contribution < -0.4 is 0 Å². The molecule has 1 aromatic carbocycles. The molecule has 0 aliphatic carbocycles. The Balaban J connectivity index is 1.60. The van der Waals surface area contributed by atoms with Crippen molar-refractivity contribution >= 4 is 17.7 Å². The number of imide groups is 1. The predicted octanol–water partition coefficient (Wildman–Crippen LogP) is 3.09. The summed E-state index contributed by atoms with van der Waals surface area (Å²) < 4.78 is 5.24. The summed E-state index contributed by atoms with van der Waals surface area (Å²) in [5, 5.41) is 0. The smallest absolute Gasteiger partial charge is 0.261 e. The first-order chi connectivity index (χ1) is 12.6. The zero-order chi connectivity index (χ0) is 18.3. The van der Waals surface area contributed by atoms with Gasteiger partial charge in [0, 0.05) is 18.2 Å². The lowest BCUT2D eigenvalue weighted by atomic mass is 10.0. The number of nitrogens with zero attached hydrogens (tertiary/aromatic N) is 2. The average molecular weight is 352 g/mol. The zero-order valence-corrected chi connectivity index (χ0v) is 14.6. The highest BCUT2D eigenvalue weighted by Crippen LogP contribution is 2.27. The number of fused-ring (bicyclic) bond motifs is 1. The number of furan rings is 1. The molecule has 2 aromatic rings. The summed E-state index contributed by atoms with van der Waals surface area (Å²) >= 11 is 0. The fourth-order valence-corrected chi connectivity index (χ4v) is 3.69. The highest BCUT2D eigenvalue weighted by atomic mass is 16.3. The summed E-state index contributed by atoms with van der Waals surface area (Å²) in [6.07, 6.45) is 4.62. The van der Waals surface area contributed by atoms with Crippen molar-refractivity contribution in [1.29, 1.82) is 0 Å². The van der Waals surface area contributed by atoms with Gasteiger partial charge >= 0.3 is 0 Å². The summed E-state index contributed by atoms with van der Waals surface area (Å²) in [5.74, 6) is -0.280. The Morgan fingerprint density at radius 3 is 2.69 bits per heavy atom. The molecule has 1 atom stereocenters. The van der Waals surface area contributed by atoms with Crippen LogP contribution in [-0.2, 0) is 6.54 Å². The highest BCUT2D eigenvalue weighted by molar-refractivity contribution is 6.22. The Bertz CT molecular complexity index is 872. The summed E-state index contributed by atoms with van der Waals surface area (Å²) in [5.41, 5.74) is 1.08. The Morgan fingerprint density at radius 2 is 1.96 bits per heavy atom. The van der Waals surface area contributed by atoms with E-state index in [9.17, 15) is 14.4 Å². The second-order valence-corrected chi connectivity index (χ2v) is 6.88. The minimum Gasteiger partial charge on any atom is -0.467 e. The van der Waals surface area contributed by atoms with E-state index in [1.165, 1.54) is 6.26 Å². The monoisotopic (exact) mass is 352 g/mol. The van der Waals surface area contributed by atoms with Crippen LogP contribution >= 0.6 is 0 Å². The molecule has 2 aliphatic heterocycles. The number of likely N-dealkylation sites (tertiary alicyclic amines) is 1. The topological polar surface area (TPSA) is 70.8 Å². The van der Waals surface area contributed by atoms with Crippen LogP contribution in [0.1, 0.15) is 63.0 Å². The molecule has 26 heavy (non-hydrogen) atoms. The van der Waals surface area contributed by atoms with Gasteiger partial charge in [0.1, 0.15) is 5.76 Å². The normalized spacial score (nSPS) is 19.8. The molecule has 2 aliphatic rings. The molecule has 0 unspecified atom stereocenters. The molecule has 134 valence electrons. The van der Waals surface area contributed by atoms with Gasteiger partial charge in [-0.15, -0.1) is 0 Å². The highest BCUT2D eigenvalue weighted by Gasteiger charge is 2.37. The van der Waals surface area contributed by atoms with E-state index in [4.69, 9.17) is 4.42 Å². The Labute approximate surface area is 151 Å². The average Bonchev–Trinajstić information content (AvgIpc) is 3.25. The maximum atomic E-state index is 12.8. The van der Waals surface area contributed by atoms with Gasteiger partial charge in [0.05, 0.1) is 23.9 Å². The molecule has 4 rings (SSSR count). The van der Waals surface area contributed by atoms with Crippen molar-refractivity contribution in [3.05, 3.63) is 59.0 Å². The first-order valence-electron chi connectivity index (χ1n) is 8.90. The molecular formula is C20H20N2O4. The van der Waals surface area contributed by atoms with Crippen LogP contribution in [0.2, 0.25) is 0 Å². The van der Waals surface area contributed by atoms with E-state index < -0.39 is 0 Å². The van der Waals surface area contributed by atoms with Gasteiger partial charge < -0.3 is 9.32 Å². The fourth-order valence-electron chi connectivity index (χ4n) is 3.69. The number of carbonyl (C=O) groups is 3. The number of hydrogen-bond donors (Lipinski definition) is 0. The predicted molar refractivity (Wildman–Crippen MR) is 93.7 cm³/mol. The van der Waals surface area contributed by atoms with E-state index in [1.54, 1.807) is 30.3 Å². The molecule has 1 saturated heterocycles. The molecule has 0 spiro atoms. The van der Waals surface area contributed by atoms with Crippen molar-refractivity contribution in [1.82, 2.24) is 9.80 Å². The second-order valence-electron chi connectivity index (χ2n) is 6.88. The van der Waals surface area contributed by atoms with E-state index in [0.717, 1.165) is 30.7 Å². The van der Waals surface area contributed by atoms with E-state index in [-0.39, 0.29) is 35.9 Å². The third-order valence-electron chi connectivity index (χ3n) is 5.18. The van der Waals surface area contributed by atoms with Crippen LogP contribution in [-0.4, -0.2) is 40.1 Å². The molecule has 3 heterocycles. The van der Waals surface area contributed by atoms with Crippen LogP contribution in [0.4, 0.5) is 0 Å². The first-order valence-corrected chi connectivity index (χ1v) is 8.90. The summed E-state index contributed by atoms with van der Waals surface area (Å²) in [4.78, 5) is 41.1. The number of hydrogen-bond acceptors (Lipinski definition) is 4. The molecule has 0 bridgehead atoms. The number of benzene rings is 1. The lowest BCUT2D eigenvalue weighted by Gasteiger charge is -2.33. The summed E-state index contributed by atoms with van der Waals surface area (Å²) in [6.45, 7) is 2.87. The molecule has 0 radical (unpaired) electrons. The van der Waals surface area contributed by atoms with E-state index in [1.807, 2.05) is 11.8 Å². The summed E-state index contributed by atoms with van der Waals surface area (Å²) in [6, 6.07) is 8.41. The zero-order valence-electron chi connectivity index (χ0n) is 14.6. The Hall–Kier alpha value is -2.89. The molecule has 3 amide bonds. The lowest BCUT2D eigenvalue weighted by molar-refractivity contribution is 0.0626. The molecular weight excluding hydrogens is 332 g/mol. The van der Waals surface area contributed by atoms with Gasteiger partial charge in [0.15, 0.2) is 0 Å². The van der Waals surface area contributed by atoms with Gasteiger partial charge in [0.2, 0.25) is 0 Å². The van der Waals surface area contributed by atoms with Crippen molar-refractivity contribution in [2.45, 2.75) is 38.8 Å². The number of amides is 3. The summed E-state index contributed by atoms with van der Waals surface area (Å²) in [7, 11) is 0. The molecule has 6 nitrogen and oxygen atoms in total. The van der Waals surface area contributed by atoms with Crippen molar-refractivity contribution in [2.75, 3.05) is 6.54 Å². The van der Waals surface area contributed by atoms with Crippen LogP contribution in [0.25, 0.3) is 0 Å². The van der Waals surface area contributed by atoms with Crippen molar-refractivity contribution in [2.24, 2.45) is 0 Å². The molecule has 1 aromatic heterocycles. The van der Waals surface area contributed by atoms with Gasteiger partial charge in [-0.3, -0.25) is 19.3 Å². The SMILES string of the molecule is C[C@H]1CCCCN1C(=O)c1ccc2c(c1)C(=O)N(Cc1ccco1)C2=O.